The van der Waals surface area contributed by atoms with Crippen LogP contribution in [0.25, 0.3) is 0 Å². The van der Waals surface area contributed by atoms with Crippen molar-refractivity contribution in [1.29, 1.82) is 0 Å². The van der Waals surface area contributed by atoms with Gasteiger partial charge in [0.1, 0.15) is 12.4 Å². The van der Waals surface area contributed by atoms with Crippen LogP contribution in [0.4, 0.5) is 5.69 Å². The number of benzene rings is 2. The molecule has 0 saturated heterocycles. The highest BCUT2D eigenvalue weighted by molar-refractivity contribution is 6.30. The van der Waals surface area contributed by atoms with Gasteiger partial charge in [-0.25, -0.2) is 4.98 Å². The Morgan fingerprint density at radius 2 is 1.90 bits per heavy atom. The first-order valence-electron chi connectivity index (χ1n) is 9.62. The van der Waals surface area contributed by atoms with E-state index in [9.17, 15) is 4.79 Å². The Bertz CT molecular complexity index is 950. The summed E-state index contributed by atoms with van der Waals surface area (Å²) in [6, 6.07) is 18.5. The second-order valence-corrected chi connectivity index (χ2v) is 7.08. The zero-order valence-electron chi connectivity index (χ0n) is 16.7. The summed E-state index contributed by atoms with van der Waals surface area (Å²) in [5.41, 5.74) is 2.73. The monoisotopic (exact) mass is 425 g/mol. The van der Waals surface area contributed by atoms with Crippen LogP contribution in [0.3, 0.4) is 0 Å². The molecule has 7 heteroatoms. The molecular formula is C23H24ClN3O3. The van der Waals surface area contributed by atoms with Gasteiger partial charge < -0.3 is 20.1 Å². The summed E-state index contributed by atoms with van der Waals surface area (Å²) in [6.45, 7) is 3.53. The molecule has 0 aliphatic rings. The first-order chi connectivity index (χ1) is 14.6. The van der Waals surface area contributed by atoms with E-state index in [0.717, 1.165) is 16.8 Å². The van der Waals surface area contributed by atoms with Gasteiger partial charge in [-0.15, -0.1) is 0 Å². The van der Waals surface area contributed by atoms with Gasteiger partial charge in [-0.1, -0.05) is 35.4 Å². The van der Waals surface area contributed by atoms with Crippen molar-refractivity contribution >= 4 is 23.2 Å². The number of hydrogen-bond acceptors (Lipinski definition) is 5. The number of hydrogen-bond donors (Lipinski definition) is 2. The smallest absolute Gasteiger partial charge is 0.262 e. The molecule has 3 rings (SSSR count). The number of carbonyl (C=O) groups excluding carboxylic acids is 1. The zero-order valence-corrected chi connectivity index (χ0v) is 17.5. The molecule has 1 aromatic heterocycles. The van der Waals surface area contributed by atoms with Gasteiger partial charge in [0.25, 0.3) is 5.91 Å². The van der Waals surface area contributed by atoms with Crippen LogP contribution in [-0.2, 0) is 11.3 Å². The maximum absolute atomic E-state index is 12.2. The van der Waals surface area contributed by atoms with Gasteiger partial charge in [0.2, 0.25) is 5.88 Å². The fraction of sp³-hybridized carbons (Fsp3) is 0.217. The number of nitrogens with zero attached hydrogens (tertiary/aromatic N) is 1. The summed E-state index contributed by atoms with van der Waals surface area (Å²) in [4.78, 5) is 16.3. The average Bonchev–Trinajstić information content (AvgIpc) is 2.75. The van der Waals surface area contributed by atoms with E-state index < -0.39 is 0 Å². The number of carbonyl (C=O) groups is 1. The number of pyridine rings is 1. The van der Waals surface area contributed by atoms with Crippen molar-refractivity contribution in [3.63, 3.8) is 0 Å². The summed E-state index contributed by atoms with van der Waals surface area (Å²) in [5, 5.41) is 6.70. The lowest BCUT2D eigenvalue weighted by Gasteiger charge is -2.13. The molecule has 2 aromatic carbocycles. The molecule has 3 aromatic rings. The number of anilines is 1. The van der Waals surface area contributed by atoms with E-state index in [1.54, 1.807) is 18.3 Å². The van der Waals surface area contributed by atoms with Crippen molar-refractivity contribution in [2.45, 2.75) is 13.5 Å². The van der Waals surface area contributed by atoms with Crippen molar-refractivity contribution in [2.24, 2.45) is 0 Å². The molecular weight excluding hydrogens is 402 g/mol. The van der Waals surface area contributed by atoms with Crippen molar-refractivity contribution in [3.05, 3.63) is 83.0 Å². The third-order valence-corrected chi connectivity index (χ3v) is 4.43. The average molecular weight is 426 g/mol. The molecule has 0 spiro atoms. The molecule has 6 nitrogen and oxygen atoms in total. The molecule has 0 unspecified atom stereocenters. The molecule has 0 bridgehead atoms. The van der Waals surface area contributed by atoms with E-state index in [1.165, 1.54) is 0 Å². The predicted molar refractivity (Wildman–Crippen MR) is 118 cm³/mol. The van der Waals surface area contributed by atoms with Crippen molar-refractivity contribution in [2.75, 3.05) is 25.1 Å². The lowest BCUT2D eigenvalue weighted by Crippen LogP contribution is -2.23. The zero-order chi connectivity index (χ0) is 21.2. The molecule has 2 N–H and O–H groups in total. The standard InChI is InChI=1S/C23H24ClN3O3/c1-17-5-8-20(9-6-17)27-22(28)16-30-21-10-7-19(24)14-18(21)15-25-12-13-29-23-4-2-3-11-26-23/h2-11,14,25H,12-13,15-16H2,1H3,(H,27,28). The summed E-state index contributed by atoms with van der Waals surface area (Å²) >= 11 is 6.12. The van der Waals surface area contributed by atoms with Crippen LogP contribution in [0.2, 0.25) is 5.02 Å². The van der Waals surface area contributed by atoms with E-state index in [-0.39, 0.29) is 12.5 Å². The number of rotatable bonds is 10. The van der Waals surface area contributed by atoms with E-state index in [0.29, 0.717) is 36.3 Å². The van der Waals surface area contributed by atoms with Crippen molar-refractivity contribution in [3.8, 4) is 11.6 Å². The van der Waals surface area contributed by atoms with Crippen LogP contribution in [-0.4, -0.2) is 30.6 Å². The van der Waals surface area contributed by atoms with Crippen molar-refractivity contribution in [1.82, 2.24) is 10.3 Å². The van der Waals surface area contributed by atoms with E-state index in [4.69, 9.17) is 21.1 Å². The van der Waals surface area contributed by atoms with Gasteiger partial charge in [0.05, 0.1) is 0 Å². The summed E-state index contributed by atoms with van der Waals surface area (Å²) < 4.78 is 11.3. The SMILES string of the molecule is Cc1ccc(NC(=O)COc2ccc(Cl)cc2CNCCOc2ccccn2)cc1. The van der Waals surface area contributed by atoms with Crippen LogP contribution in [0.15, 0.2) is 66.9 Å². The highest BCUT2D eigenvalue weighted by Gasteiger charge is 2.09. The number of aromatic nitrogens is 1. The van der Waals surface area contributed by atoms with Crippen molar-refractivity contribution < 1.29 is 14.3 Å². The third-order valence-electron chi connectivity index (χ3n) is 4.20. The summed E-state index contributed by atoms with van der Waals surface area (Å²) in [7, 11) is 0. The van der Waals surface area contributed by atoms with E-state index in [1.807, 2.05) is 55.5 Å². The van der Waals surface area contributed by atoms with E-state index in [2.05, 4.69) is 15.6 Å². The number of halogens is 1. The molecule has 1 heterocycles. The second-order valence-electron chi connectivity index (χ2n) is 6.65. The topological polar surface area (TPSA) is 72.5 Å². The molecule has 0 saturated carbocycles. The first-order valence-corrected chi connectivity index (χ1v) is 10.0. The molecule has 1 amide bonds. The number of amides is 1. The lowest BCUT2D eigenvalue weighted by molar-refractivity contribution is -0.118. The quantitative estimate of drug-likeness (QED) is 0.475. The molecule has 156 valence electrons. The Balaban J connectivity index is 1.46. The second kappa shape index (κ2) is 11.2. The van der Waals surface area contributed by atoms with E-state index >= 15 is 0 Å². The van der Waals surface area contributed by atoms with Gasteiger partial charge in [0, 0.05) is 41.6 Å². The Hall–Kier alpha value is -3.09. The minimum absolute atomic E-state index is 0.0920. The molecule has 30 heavy (non-hydrogen) atoms. The highest BCUT2D eigenvalue weighted by Crippen LogP contribution is 2.23. The highest BCUT2D eigenvalue weighted by atomic mass is 35.5. The van der Waals surface area contributed by atoms with Crippen LogP contribution < -0.4 is 20.1 Å². The minimum atomic E-state index is -0.225. The lowest BCUT2D eigenvalue weighted by atomic mass is 10.2. The van der Waals surface area contributed by atoms with Crippen LogP contribution in [0.5, 0.6) is 11.6 Å². The molecule has 0 aliphatic heterocycles. The fourth-order valence-corrected chi connectivity index (χ4v) is 2.88. The van der Waals surface area contributed by atoms with Gasteiger partial charge in [-0.3, -0.25) is 4.79 Å². The summed E-state index contributed by atoms with van der Waals surface area (Å²) in [5.74, 6) is 0.971. The Labute approximate surface area is 181 Å². The number of nitrogens with one attached hydrogen (secondary N) is 2. The van der Waals surface area contributed by atoms with Crippen LogP contribution in [0.1, 0.15) is 11.1 Å². The third kappa shape index (κ3) is 7.06. The largest absolute Gasteiger partial charge is 0.483 e. The maximum atomic E-state index is 12.2. The number of aryl methyl sites for hydroxylation is 1. The van der Waals surface area contributed by atoms with Gasteiger partial charge >= 0.3 is 0 Å². The molecule has 0 fully saturated rings. The maximum Gasteiger partial charge on any atom is 0.262 e. The molecule has 0 aliphatic carbocycles. The fourth-order valence-electron chi connectivity index (χ4n) is 2.69. The van der Waals surface area contributed by atoms with Gasteiger partial charge in [-0.05, 0) is 43.3 Å². The van der Waals surface area contributed by atoms with Crippen LogP contribution >= 0.6 is 11.6 Å². The normalized spacial score (nSPS) is 10.5. The Morgan fingerprint density at radius 1 is 1.07 bits per heavy atom. The number of ether oxygens (including phenoxy) is 2. The predicted octanol–water partition coefficient (Wildman–Crippen LogP) is 4.23. The van der Waals surface area contributed by atoms with Gasteiger partial charge in [0.15, 0.2) is 6.61 Å². The molecule has 0 radical (unpaired) electrons. The van der Waals surface area contributed by atoms with Gasteiger partial charge in [-0.2, -0.15) is 0 Å². The first kappa shape index (κ1) is 21.6. The van der Waals surface area contributed by atoms with Crippen LogP contribution in [0, 0.1) is 6.92 Å². The minimum Gasteiger partial charge on any atom is -0.483 e. The Morgan fingerprint density at radius 3 is 2.67 bits per heavy atom. The molecule has 0 atom stereocenters. The Kier molecular flexibility index (Phi) is 8.06. The summed E-state index contributed by atoms with van der Waals surface area (Å²) in [6.07, 6.45) is 1.69.